The predicted molar refractivity (Wildman–Crippen MR) is 58.3 cm³/mol. The first kappa shape index (κ1) is 15.6. The summed E-state index contributed by atoms with van der Waals surface area (Å²) in [5, 5.41) is 36.0. The zero-order chi connectivity index (χ0) is 16.9. The second-order valence-electron chi connectivity index (χ2n) is 4.03. The molecule has 0 bridgehead atoms. The number of hydrogen-bond acceptors (Lipinski definition) is 4. The van der Waals surface area contributed by atoms with E-state index in [9.17, 15) is 26.3 Å². The highest BCUT2D eigenvalue weighted by molar-refractivity contribution is 5.73. The summed E-state index contributed by atoms with van der Waals surface area (Å²) >= 11 is 0. The van der Waals surface area contributed by atoms with Crippen molar-refractivity contribution < 1.29 is 46.8 Å². The average molecular weight is 326 g/mol. The fraction of sp³-hybridized carbons (Fsp3) is 0. The maximum absolute atomic E-state index is 13.7. The molecule has 118 valence electrons. The Balaban J connectivity index is 3.03. The highest BCUT2D eigenvalue weighted by Crippen LogP contribution is 2.45. The molecule has 4 N–H and O–H groups in total. The van der Waals surface area contributed by atoms with Crippen LogP contribution < -0.4 is 0 Å². The van der Waals surface area contributed by atoms with Gasteiger partial charge in [-0.1, -0.05) is 0 Å². The number of benzene rings is 2. The second kappa shape index (κ2) is 4.90. The molecule has 2 aromatic rings. The minimum absolute atomic E-state index is 1.85. The van der Waals surface area contributed by atoms with Crippen molar-refractivity contribution in [2.45, 2.75) is 0 Å². The fourth-order valence-corrected chi connectivity index (χ4v) is 1.72. The van der Waals surface area contributed by atoms with E-state index in [4.69, 9.17) is 20.4 Å². The molecule has 10 heteroatoms. The summed E-state index contributed by atoms with van der Waals surface area (Å²) < 4.78 is 80.8. The zero-order valence-electron chi connectivity index (χ0n) is 10.1. The van der Waals surface area contributed by atoms with Crippen LogP contribution in [0.1, 0.15) is 0 Å². The molecule has 0 fully saturated rings. The lowest BCUT2D eigenvalue weighted by molar-refractivity contribution is 0.342. The Hall–Kier alpha value is -2.78. The summed E-state index contributed by atoms with van der Waals surface area (Å²) in [6.45, 7) is 0. The predicted octanol–water partition coefficient (Wildman–Crippen LogP) is 3.01. The summed E-state index contributed by atoms with van der Waals surface area (Å²) in [7, 11) is 0. The van der Waals surface area contributed by atoms with Gasteiger partial charge < -0.3 is 20.4 Å². The van der Waals surface area contributed by atoms with Crippen LogP contribution in [0.2, 0.25) is 0 Å². The van der Waals surface area contributed by atoms with Gasteiger partial charge in [0.05, 0.1) is 11.1 Å². The summed E-state index contributed by atoms with van der Waals surface area (Å²) in [5.74, 6) is -21.1. The monoisotopic (exact) mass is 326 g/mol. The highest BCUT2D eigenvalue weighted by Gasteiger charge is 2.33. The van der Waals surface area contributed by atoms with Gasteiger partial charge in [-0.25, -0.2) is 17.6 Å². The molecule has 4 nitrogen and oxygen atoms in total. The maximum Gasteiger partial charge on any atom is 0.212 e. The van der Waals surface area contributed by atoms with E-state index in [1.807, 2.05) is 0 Å². The van der Waals surface area contributed by atoms with Gasteiger partial charge in [0, 0.05) is 0 Å². The van der Waals surface area contributed by atoms with Crippen molar-refractivity contribution in [3.05, 3.63) is 34.9 Å². The van der Waals surface area contributed by atoms with Crippen LogP contribution >= 0.6 is 0 Å². The van der Waals surface area contributed by atoms with Gasteiger partial charge in [0.1, 0.15) is 0 Å². The van der Waals surface area contributed by atoms with E-state index in [1.165, 1.54) is 0 Å². The third-order valence-electron chi connectivity index (χ3n) is 2.79. The van der Waals surface area contributed by atoms with Crippen molar-refractivity contribution in [3.63, 3.8) is 0 Å². The molecule has 22 heavy (non-hydrogen) atoms. The van der Waals surface area contributed by atoms with Gasteiger partial charge in [0.2, 0.25) is 11.6 Å². The van der Waals surface area contributed by atoms with Crippen LogP contribution in [0.5, 0.6) is 23.0 Å². The number of aromatic hydroxyl groups is 4. The highest BCUT2D eigenvalue weighted by atomic mass is 19.2. The molecule has 0 spiro atoms. The number of hydrogen-bond donors (Lipinski definition) is 4. The standard InChI is InChI=1S/C12H4F6O4/c13-3-1(4(14)10(20)7(17)9(3)19)2-5(15)11(21)8(18)12(22)6(2)16/h19-22H. The fourth-order valence-electron chi connectivity index (χ4n) is 1.72. The SMILES string of the molecule is Oc1c(F)c(O)c(F)c(-c2c(F)c(O)c(F)c(O)c2F)c1F. The lowest BCUT2D eigenvalue weighted by Gasteiger charge is -2.13. The van der Waals surface area contributed by atoms with E-state index in [0.29, 0.717) is 0 Å². The second-order valence-corrected chi connectivity index (χ2v) is 4.03. The van der Waals surface area contributed by atoms with Crippen molar-refractivity contribution in [2.24, 2.45) is 0 Å². The lowest BCUT2D eigenvalue weighted by Crippen LogP contribution is -2.02. The summed E-state index contributed by atoms with van der Waals surface area (Å²) in [6, 6.07) is 0. The van der Waals surface area contributed by atoms with Crippen LogP contribution in [0.3, 0.4) is 0 Å². The third kappa shape index (κ3) is 1.87. The molecule has 0 radical (unpaired) electrons. The van der Waals surface area contributed by atoms with E-state index in [0.717, 1.165) is 0 Å². The van der Waals surface area contributed by atoms with Crippen LogP contribution in [0.4, 0.5) is 26.3 Å². The van der Waals surface area contributed by atoms with E-state index < -0.39 is 69.0 Å². The van der Waals surface area contributed by atoms with Gasteiger partial charge >= 0.3 is 0 Å². The molecule has 0 aromatic heterocycles. The van der Waals surface area contributed by atoms with Crippen molar-refractivity contribution in [1.82, 2.24) is 0 Å². The Kier molecular flexibility index (Phi) is 3.47. The molecule has 0 amide bonds. The summed E-state index contributed by atoms with van der Waals surface area (Å²) in [4.78, 5) is 0. The van der Waals surface area contributed by atoms with Crippen molar-refractivity contribution in [2.75, 3.05) is 0 Å². The van der Waals surface area contributed by atoms with Gasteiger partial charge in [-0.15, -0.1) is 0 Å². The van der Waals surface area contributed by atoms with E-state index in [1.54, 1.807) is 0 Å². The van der Waals surface area contributed by atoms with Crippen LogP contribution in [-0.4, -0.2) is 20.4 Å². The molecule has 2 aromatic carbocycles. The Morgan fingerprint density at radius 2 is 0.545 bits per heavy atom. The van der Waals surface area contributed by atoms with Gasteiger partial charge in [-0.2, -0.15) is 8.78 Å². The molecule has 0 aliphatic heterocycles. The molecular formula is C12H4F6O4. The van der Waals surface area contributed by atoms with E-state index >= 15 is 0 Å². The lowest BCUT2D eigenvalue weighted by atomic mass is 10.0. The van der Waals surface area contributed by atoms with Crippen molar-refractivity contribution in [3.8, 4) is 34.1 Å². The average Bonchev–Trinajstić information content (AvgIpc) is 2.50. The molecule has 0 saturated carbocycles. The number of rotatable bonds is 1. The van der Waals surface area contributed by atoms with Crippen molar-refractivity contribution >= 4 is 0 Å². The maximum atomic E-state index is 13.7. The Morgan fingerprint density at radius 3 is 0.727 bits per heavy atom. The third-order valence-corrected chi connectivity index (χ3v) is 2.79. The van der Waals surface area contributed by atoms with Crippen LogP contribution in [0, 0.1) is 34.9 Å². The number of halogens is 6. The largest absolute Gasteiger partial charge is 0.503 e. The van der Waals surface area contributed by atoms with Crippen molar-refractivity contribution in [1.29, 1.82) is 0 Å². The molecule has 0 aliphatic rings. The first-order valence-electron chi connectivity index (χ1n) is 5.28. The smallest absolute Gasteiger partial charge is 0.212 e. The van der Waals surface area contributed by atoms with Crippen LogP contribution in [0.15, 0.2) is 0 Å². The Morgan fingerprint density at radius 1 is 0.364 bits per heavy atom. The van der Waals surface area contributed by atoms with Gasteiger partial charge in [0.15, 0.2) is 46.3 Å². The summed E-state index contributed by atoms with van der Waals surface area (Å²) in [5.41, 5.74) is -3.70. The molecule has 0 aliphatic carbocycles. The molecular weight excluding hydrogens is 322 g/mol. The quantitative estimate of drug-likeness (QED) is 0.607. The molecule has 0 saturated heterocycles. The molecule has 2 rings (SSSR count). The molecule has 0 unspecified atom stereocenters. The summed E-state index contributed by atoms with van der Waals surface area (Å²) in [6.07, 6.45) is 0. The first-order valence-corrected chi connectivity index (χ1v) is 5.28. The normalized spacial score (nSPS) is 11.0. The number of phenolic OH excluding ortho intramolecular Hbond substituents is 4. The minimum atomic E-state index is -2.24. The van der Waals surface area contributed by atoms with Gasteiger partial charge in [-0.05, 0) is 0 Å². The van der Waals surface area contributed by atoms with Crippen LogP contribution in [-0.2, 0) is 0 Å². The van der Waals surface area contributed by atoms with Crippen LogP contribution in [0.25, 0.3) is 11.1 Å². The molecule has 0 atom stereocenters. The minimum Gasteiger partial charge on any atom is -0.503 e. The van der Waals surface area contributed by atoms with Gasteiger partial charge in [-0.3, -0.25) is 0 Å². The Labute approximate surface area is 117 Å². The molecule has 0 heterocycles. The van der Waals surface area contributed by atoms with E-state index in [-0.39, 0.29) is 0 Å². The first-order chi connectivity index (χ1) is 10.1. The van der Waals surface area contributed by atoms with E-state index in [2.05, 4.69) is 0 Å². The number of phenols is 4. The topological polar surface area (TPSA) is 80.9 Å². The van der Waals surface area contributed by atoms with Gasteiger partial charge in [0.25, 0.3) is 0 Å². The Bertz CT molecular complexity index is 680. The zero-order valence-corrected chi connectivity index (χ0v) is 10.1.